The van der Waals surface area contributed by atoms with Gasteiger partial charge in [-0.15, -0.1) is 16.4 Å². The number of carboxylic acid groups (broad SMARTS) is 1. The summed E-state index contributed by atoms with van der Waals surface area (Å²) >= 11 is 1.54. The van der Waals surface area contributed by atoms with Crippen molar-refractivity contribution in [2.45, 2.75) is 71.9 Å². The van der Waals surface area contributed by atoms with Crippen molar-refractivity contribution in [2.75, 3.05) is 6.54 Å². The molecule has 0 aliphatic carbocycles. The Labute approximate surface area is 239 Å². The number of rotatable bonds is 7. The van der Waals surface area contributed by atoms with Crippen LogP contribution in [0, 0.1) is 25.2 Å². The fraction of sp³-hybridized carbons (Fsp3) is 0.433. The second-order valence-electron chi connectivity index (χ2n) is 11.5. The van der Waals surface area contributed by atoms with E-state index in [0.717, 1.165) is 43.0 Å². The first kappa shape index (κ1) is 28.4. The van der Waals surface area contributed by atoms with E-state index in [4.69, 9.17) is 0 Å². The van der Waals surface area contributed by atoms with Crippen molar-refractivity contribution in [3.8, 4) is 0 Å². The molecule has 0 bridgehead atoms. The van der Waals surface area contributed by atoms with Crippen LogP contribution in [0.3, 0.4) is 0 Å². The van der Waals surface area contributed by atoms with Crippen LogP contribution in [0.15, 0.2) is 47.4 Å². The van der Waals surface area contributed by atoms with E-state index in [1.54, 1.807) is 30.3 Å². The van der Waals surface area contributed by atoms with E-state index in [0.29, 0.717) is 24.4 Å². The minimum Gasteiger partial charge on any atom is -0.481 e. The summed E-state index contributed by atoms with van der Waals surface area (Å²) in [5.41, 5.74) is 4.11. The normalized spacial score (nSPS) is 18.4. The Bertz CT molecular complexity index is 1700. The SMILES string of the molecule is CCn1nnc2c(C)c([C@H](c3cc(CN4C[C@@H](C)Cc5ccccc5S4(=O)=O)c(C)s3)C(C)(C)C(=O)O)ccc21. The number of nitrogens with zero attached hydrogens (tertiary/aromatic N) is 4. The monoisotopic (exact) mass is 580 g/mol. The molecule has 0 fully saturated rings. The van der Waals surface area contributed by atoms with Crippen LogP contribution in [0.1, 0.15) is 65.6 Å². The summed E-state index contributed by atoms with van der Waals surface area (Å²) in [6.07, 6.45) is 0.707. The van der Waals surface area contributed by atoms with Crippen LogP contribution < -0.4 is 0 Å². The molecule has 5 rings (SSSR count). The van der Waals surface area contributed by atoms with Crippen LogP contribution in [-0.2, 0) is 34.3 Å². The molecule has 2 aromatic heterocycles. The summed E-state index contributed by atoms with van der Waals surface area (Å²) < 4.78 is 30.9. The highest BCUT2D eigenvalue weighted by Gasteiger charge is 2.41. The maximum absolute atomic E-state index is 13.7. The first-order valence-electron chi connectivity index (χ1n) is 13.6. The molecule has 0 unspecified atom stereocenters. The second-order valence-corrected chi connectivity index (χ2v) is 14.7. The predicted molar refractivity (Wildman–Crippen MR) is 157 cm³/mol. The van der Waals surface area contributed by atoms with Crippen molar-refractivity contribution in [2.24, 2.45) is 11.3 Å². The quantitative estimate of drug-likeness (QED) is 0.298. The average molecular weight is 581 g/mol. The molecule has 1 N–H and O–H groups in total. The lowest BCUT2D eigenvalue weighted by Crippen LogP contribution is -2.33. The molecule has 2 aromatic carbocycles. The van der Waals surface area contributed by atoms with E-state index >= 15 is 0 Å². The summed E-state index contributed by atoms with van der Waals surface area (Å²) in [5.74, 6) is -1.19. The number of benzene rings is 2. The van der Waals surface area contributed by atoms with Gasteiger partial charge in [-0.25, -0.2) is 13.1 Å². The standard InChI is InChI=1S/C30H36N4O4S2/c1-7-34-24-13-12-23(19(3)28(24)31-32-34)27(30(5,6)29(35)36)25-15-22(20(4)39-25)17-33-16-18(2)14-21-10-8-9-11-26(21)40(33,37)38/h8-13,15,18,27H,7,14,16-17H2,1-6H3,(H,35,36)/t18-,27+/m0/s1. The maximum atomic E-state index is 13.7. The van der Waals surface area contributed by atoms with Crippen molar-refractivity contribution in [3.05, 3.63) is 74.5 Å². The number of carboxylic acids is 1. The number of fused-ring (bicyclic) bond motifs is 2. The predicted octanol–water partition coefficient (Wildman–Crippen LogP) is 5.76. The first-order valence-corrected chi connectivity index (χ1v) is 15.8. The molecule has 2 atom stereocenters. The Hall–Kier alpha value is -3.08. The fourth-order valence-electron chi connectivity index (χ4n) is 5.88. The number of aromatic nitrogens is 3. The minimum absolute atomic E-state index is 0.168. The van der Waals surface area contributed by atoms with E-state index in [2.05, 4.69) is 17.2 Å². The third-order valence-electron chi connectivity index (χ3n) is 8.21. The maximum Gasteiger partial charge on any atom is 0.310 e. The van der Waals surface area contributed by atoms with Crippen molar-refractivity contribution in [3.63, 3.8) is 0 Å². The van der Waals surface area contributed by atoms with Crippen LogP contribution in [0.2, 0.25) is 0 Å². The van der Waals surface area contributed by atoms with Gasteiger partial charge in [0, 0.05) is 35.3 Å². The first-order chi connectivity index (χ1) is 18.9. The molecule has 1 aliphatic heterocycles. The Kier molecular flexibility index (Phi) is 7.39. The van der Waals surface area contributed by atoms with Gasteiger partial charge in [-0.05, 0) is 87.4 Å². The molecule has 0 saturated carbocycles. The van der Waals surface area contributed by atoms with Crippen molar-refractivity contribution < 1.29 is 18.3 Å². The topological polar surface area (TPSA) is 105 Å². The van der Waals surface area contributed by atoms with E-state index in [1.165, 1.54) is 11.3 Å². The van der Waals surface area contributed by atoms with Gasteiger partial charge >= 0.3 is 5.97 Å². The summed E-state index contributed by atoms with van der Waals surface area (Å²) in [4.78, 5) is 14.9. The molecule has 212 valence electrons. The van der Waals surface area contributed by atoms with Gasteiger partial charge in [0.15, 0.2) is 0 Å². The summed E-state index contributed by atoms with van der Waals surface area (Å²) in [6.45, 7) is 12.9. The molecule has 0 amide bonds. The lowest BCUT2D eigenvalue weighted by Gasteiger charge is -2.31. The fourth-order valence-corrected chi connectivity index (χ4v) is 9.00. The van der Waals surface area contributed by atoms with Crippen LogP contribution in [0.5, 0.6) is 0 Å². The molecule has 3 heterocycles. The smallest absolute Gasteiger partial charge is 0.310 e. The minimum atomic E-state index is -3.68. The zero-order valence-corrected chi connectivity index (χ0v) is 25.4. The van der Waals surface area contributed by atoms with Gasteiger partial charge in [-0.3, -0.25) is 4.79 Å². The highest BCUT2D eigenvalue weighted by Crippen LogP contribution is 2.47. The Balaban J connectivity index is 1.59. The third-order valence-corrected chi connectivity index (χ3v) is 11.3. The number of sulfonamides is 1. The van der Waals surface area contributed by atoms with E-state index < -0.39 is 27.3 Å². The number of hydrogen-bond acceptors (Lipinski definition) is 6. The molecule has 1 aliphatic rings. The molecule has 0 spiro atoms. The van der Waals surface area contributed by atoms with Crippen LogP contribution in [0.25, 0.3) is 11.0 Å². The van der Waals surface area contributed by atoms with Gasteiger partial charge in [0.1, 0.15) is 5.52 Å². The number of carbonyl (C=O) groups is 1. The van der Waals surface area contributed by atoms with Gasteiger partial charge in [0.05, 0.1) is 15.8 Å². The molecule has 0 saturated heterocycles. The van der Waals surface area contributed by atoms with Crippen LogP contribution in [0.4, 0.5) is 0 Å². The molecule has 0 radical (unpaired) electrons. The van der Waals surface area contributed by atoms with E-state index in [-0.39, 0.29) is 12.5 Å². The van der Waals surface area contributed by atoms with Gasteiger partial charge in [0.2, 0.25) is 10.0 Å². The zero-order valence-electron chi connectivity index (χ0n) is 23.8. The molecular weight excluding hydrogens is 544 g/mol. The molecule has 40 heavy (non-hydrogen) atoms. The molecular formula is C30H36N4O4S2. The van der Waals surface area contributed by atoms with E-state index in [1.807, 2.05) is 55.8 Å². The highest BCUT2D eigenvalue weighted by atomic mass is 32.2. The largest absolute Gasteiger partial charge is 0.481 e. The van der Waals surface area contributed by atoms with E-state index in [9.17, 15) is 18.3 Å². The van der Waals surface area contributed by atoms with Crippen molar-refractivity contribution in [1.82, 2.24) is 19.3 Å². The van der Waals surface area contributed by atoms with Crippen molar-refractivity contribution in [1.29, 1.82) is 0 Å². The summed E-state index contributed by atoms with van der Waals surface area (Å²) in [6, 6.07) is 13.2. The average Bonchev–Trinajstić information content (AvgIpc) is 3.46. The Morgan fingerprint density at radius 1 is 1.20 bits per heavy atom. The summed E-state index contributed by atoms with van der Waals surface area (Å²) in [7, 11) is -3.68. The number of aliphatic carboxylic acids is 1. The summed E-state index contributed by atoms with van der Waals surface area (Å²) in [5, 5.41) is 19.0. The number of hydrogen-bond donors (Lipinski definition) is 1. The number of thiophene rings is 1. The third kappa shape index (κ3) is 4.76. The lowest BCUT2D eigenvalue weighted by molar-refractivity contribution is -0.147. The molecule has 10 heteroatoms. The van der Waals surface area contributed by atoms with Crippen LogP contribution >= 0.6 is 11.3 Å². The van der Waals surface area contributed by atoms with Crippen LogP contribution in [-0.4, -0.2) is 45.3 Å². The van der Waals surface area contributed by atoms with Crippen molar-refractivity contribution >= 4 is 38.4 Å². The highest BCUT2D eigenvalue weighted by molar-refractivity contribution is 7.89. The number of aryl methyl sites for hydroxylation is 3. The zero-order chi connectivity index (χ0) is 29.0. The Morgan fingerprint density at radius 3 is 2.62 bits per heavy atom. The van der Waals surface area contributed by atoms with Gasteiger partial charge < -0.3 is 5.11 Å². The van der Waals surface area contributed by atoms with Gasteiger partial charge in [0.25, 0.3) is 0 Å². The molecule has 8 nitrogen and oxygen atoms in total. The van der Waals surface area contributed by atoms with Gasteiger partial charge in [-0.2, -0.15) is 4.31 Å². The lowest BCUT2D eigenvalue weighted by atomic mass is 9.72. The van der Waals surface area contributed by atoms with Gasteiger partial charge in [-0.1, -0.05) is 36.4 Å². The second kappa shape index (κ2) is 10.4. The molecule has 4 aromatic rings. The Morgan fingerprint density at radius 2 is 1.93 bits per heavy atom.